The Morgan fingerprint density at radius 3 is 2.65 bits per heavy atom. The normalized spacial score (nSPS) is 11.2. The minimum Gasteiger partial charge on any atom is -0.286 e. The van der Waals surface area contributed by atoms with Gasteiger partial charge >= 0.3 is 0 Å². The summed E-state index contributed by atoms with van der Waals surface area (Å²) in [5.41, 5.74) is 0.885. The zero-order chi connectivity index (χ0) is 14.6. The minimum atomic E-state index is -3.52. The number of hydrogen-bond acceptors (Lipinski definition) is 5. The van der Waals surface area contributed by atoms with Gasteiger partial charge in [-0.15, -0.1) is 10.2 Å². The van der Waals surface area contributed by atoms with Gasteiger partial charge in [0.05, 0.1) is 6.26 Å². The first-order valence-corrected chi connectivity index (χ1v) is 7.80. The van der Waals surface area contributed by atoms with E-state index in [0.717, 1.165) is 11.9 Å². The van der Waals surface area contributed by atoms with Crippen molar-refractivity contribution in [3.63, 3.8) is 0 Å². The maximum Gasteiger partial charge on any atom is 0.233 e. The summed E-state index contributed by atoms with van der Waals surface area (Å²) in [5, 5.41) is 7.76. The van der Waals surface area contributed by atoms with Gasteiger partial charge < -0.3 is 0 Å². The van der Waals surface area contributed by atoms with E-state index in [1.54, 1.807) is 10.9 Å². The molecular formula is C12H14N4O3S. The fourth-order valence-corrected chi connectivity index (χ4v) is 2.23. The Labute approximate surface area is 116 Å². The summed E-state index contributed by atoms with van der Waals surface area (Å²) in [5.74, 6) is 0.0370. The van der Waals surface area contributed by atoms with Crippen molar-refractivity contribution in [2.45, 2.75) is 12.8 Å². The Hall–Kier alpha value is -2.22. The van der Waals surface area contributed by atoms with Gasteiger partial charge in [-0.3, -0.25) is 14.1 Å². The van der Waals surface area contributed by atoms with Crippen LogP contribution in [0.3, 0.4) is 0 Å². The summed E-state index contributed by atoms with van der Waals surface area (Å²) < 4.78 is 25.5. The second-order valence-electron chi connectivity index (χ2n) is 4.25. The smallest absolute Gasteiger partial charge is 0.233 e. The van der Waals surface area contributed by atoms with Crippen LogP contribution in [-0.4, -0.2) is 35.3 Å². The molecule has 20 heavy (non-hydrogen) atoms. The van der Waals surface area contributed by atoms with Crippen molar-refractivity contribution in [3.05, 3.63) is 42.5 Å². The van der Waals surface area contributed by atoms with Gasteiger partial charge in [0.15, 0.2) is 0 Å². The summed E-state index contributed by atoms with van der Waals surface area (Å²) >= 11 is 0. The molecule has 2 aromatic rings. The minimum absolute atomic E-state index is 0.0264. The highest BCUT2D eigenvalue weighted by molar-refractivity contribution is 7.89. The van der Waals surface area contributed by atoms with Crippen LogP contribution in [0.2, 0.25) is 0 Å². The van der Waals surface area contributed by atoms with Gasteiger partial charge in [0, 0.05) is 18.5 Å². The highest BCUT2D eigenvalue weighted by atomic mass is 32.2. The Balaban J connectivity index is 2.05. The number of nitrogens with zero attached hydrogens (tertiary/aromatic N) is 3. The zero-order valence-corrected chi connectivity index (χ0v) is 11.7. The van der Waals surface area contributed by atoms with Gasteiger partial charge in [-0.1, -0.05) is 18.2 Å². The topological polar surface area (TPSA) is 93.9 Å². The van der Waals surface area contributed by atoms with E-state index in [-0.39, 0.29) is 6.42 Å². The van der Waals surface area contributed by atoms with Crippen molar-refractivity contribution in [2.24, 2.45) is 0 Å². The first-order valence-electron chi connectivity index (χ1n) is 5.90. The zero-order valence-electron chi connectivity index (χ0n) is 10.9. The summed E-state index contributed by atoms with van der Waals surface area (Å²) in [6.45, 7) is 0. The lowest BCUT2D eigenvalue weighted by Crippen LogP contribution is -2.29. The molecule has 7 nitrogen and oxygen atoms in total. The Morgan fingerprint density at radius 2 is 2.00 bits per heavy atom. The van der Waals surface area contributed by atoms with E-state index in [4.69, 9.17) is 0 Å². The quantitative estimate of drug-likeness (QED) is 0.854. The van der Waals surface area contributed by atoms with E-state index in [0.29, 0.717) is 12.2 Å². The number of aryl methyl sites for hydroxylation is 1. The predicted molar refractivity (Wildman–Crippen MR) is 72.7 cm³/mol. The van der Waals surface area contributed by atoms with Crippen molar-refractivity contribution in [1.82, 2.24) is 19.5 Å². The van der Waals surface area contributed by atoms with Crippen molar-refractivity contribution in [2.75, 3.05) is 6.26 Å². The second kappa shape index (κ2) is 5.83. The molecule has 0 aliphatic carbocycles. The van der Waals surface area contributed by atoms with Crippen LogP contribution in [0.25, 0.3) is 5.69 Å². The monoisotopic (exact) mass is 294 g/mol. The van der Waals surface area contributed by atoms with Crippen molar-refractivity contribution < 1.29 is 13.2 Å². The number of hydrogen-bond donors (Lipinski definition) is 1. The third-order valence-electron chi connectivity index (χ3n) is 2.53. The van der Waals surface area contributed by atoms with Gasteiger partial charge in [0.25, 0.3) is 0 Å². The number of rotatable bonds is 5. The molecule has 0 bridgehead atoms. The van der Waals surface area contributed by atoms with E-state index < -0.39 is 15.9 Å². The van der Waals surface area contributed by atoms with Gasteiger partial charge in [0.1, 0.15) is 12.2 Å². The summed E-state index contributed by atoms with van der Waals surface area (Å²) in [6, 6.07) is 9.45. The molecule has 2 rings (SSSR count). The molecule has 1 aromatic carbocycles. The lowest BCUT2D eigenvalue weighted by Gasteiger charge is -2.06. The first kappa shape index (κ1) is 14.2. The lowest BCUT2D eigenvalue weighted by atomic mass is 10.2. The largest absolute Gasteiger partial charge is 0.286 e. The molecule has 1 amide bonds. The molecule has 0 aliphatic heterocycles. The number of nitrogens with one attached hydrogen (secondary N) is 1. The van der Waals surface area contributed by atoms with E-state index in [2.05, 4.69) is 10.2 Å². The van der Waals surface area contributed by atoms with Gasteiger partial charge in [-0.05, 0) is 12.1 Å². The van der Waals surface area contributed by atoms with Crippen LogP contribution in [0.15, 0.2) is 36.7 Å². The summed E-state index contributed by atoms with van der Waals surface area (Å²) in [4.78, 5) is 11.5. The van der Waals surface area contributed by atoms with Crippen LogP contribution < -0.4 is 4.72 Å². The van der Waals surface area contributed by atoms with Crippen molar-refractivity contribution in [1.29, 1.82) is 0 Å². The van der Waals surface area contributed by atoms with Gasteiger partial charge in [0.2, 0.25) is 15.9 Å². The third-order valence-corrected chi connectivity index (χ3v) is 3.13. The molecule has 0 saturated carbocycles. The first-order chi connectivity index (χ1) is 9.46. The average Bonchev–Trinajstić information content (AvgIpc) is 2.83. The molecule has 0 unspecified atom stereocenters. The maximum absolute atomic E-state index is 11.5. The molecule has 8 heteroatoms. The van der Waals surface area contributed by atoms with Crippen LogP contribution in [-0.2, 0) is 21.2 Å². The molecule has 0 radical (unpaired) electrons. The van der Waals surface area contributed by atoms with Crippen molar-refractivity contribution in [3.8, 4) is 5.69 Å². The highest BCUT2D eigenvalue weighted by Crippen LogP contribution is 2.10. The van der Waals surface area contributed by atoms with Crippen LogP contribution in [0, 0.1) is 0 Å². The second-order valence-corrected chi connectivity index (χ2v) is 6.00. The van der Waals surface area contributed by atoms with E-state index in [1.165, 1.54) is 0 Å². The highest BCUT2D eigenvalue weighted by Gasteiger charge is 2.11. The van der Waals surface area contributed by atoms with Crippen molar-refractivity contribution >= 4 is 15.9 Å². The number of aromatic nitrogens is 3. The predicted octanol–water partition coefficient (Wildman–Crippen LogP) is 0.276. The fourth-order valence-electron chi connectivity index (χ4n) is 1.72. The molecule has 1 aromatic heterocycles. The third kappa shape index (κ3) is 3.89. The summed E-state index contributed by atoms with van der Waals surface area (Å²) in [7, 11) is -3.52. The van der Waals surface area contributed by atoms with Crippen LogP contribution >= 0.6 is 0 Å². The SMILES string of the molecule is CS(=O)(=O)NC(=O)CCc1nncn1-c1ccccc1. The molecule has 1 N–H and O–H groups in total. The van der Waals surface area contributed by atoms with E-state index in [1.807, 2.05) is 35.1 Å². The lowest BCUT2D eigenvalue weighted by molar-refractivity contribution is -0.119. The molecular weight excluding hydrogens is 280 g/mol. The van der Waals surface area contributed by atoms with Crippen LogP contribution in [0.5, 0.6) is 0 Å². The average molecular weight is 294 g/mol. The molecule has 0 fully saturated rings. The number of carbonyl (C=O) groups excluding carboxylic acids is 1. The van der Waals surface area contributed by atoms with Crippen LogP contribution in [0.4, 0.5) is 0 Å². The Morgan fingerprint density at radius 1 is 1.30 bits per heavy atom. The standard InChI is InChI=1S/C12H14N4O3S/c1-20(18,19)15-12(17)8-7-11-14-13-9-16(11)10-5-3-2-4-6-10/h2-6,9H,7-8H2,1H3,(H,15,17). The van der Waals surface area contributed by atoms with E-state index in [9.17, 15) is 13.2 Å². The molecule has 0 atom stereocenters. The Bertz CT molecular complexity index is 695. The fraction of sp³-hybridized carbons (Fsp3) is 0.250. The van der Waals surface area contributed by atoms with Crippen LogP contribution in [0.1, 0.15) is 12.2 Å². The molecule has 0 aliphatic rings. The summed E-state index contributed by atoms with van der Waals surface area (Å²) in [6.07, 6.45) is 2.82. The number of amides is 1. The number of carbonyl (C=O) groups is 1. The maximum atomic E-state index is 11.5. The molecule has 0 spiro atoms. The molecule has 106 valence electrons. The Kier molecular flexibility index (Phi) is 4.14. The number of sulfonamides is 1. The van der Waals surface area contributed by atoms with E-state index >= 15 is 0 Å². The van der Waals surface area contributed by atoms with Gasteiger partial charge in [-0.25, -0.2) is 8.42 Å². The van der Waals surface area contributed by atoms with Gasteiger partial charge in [-0.2, -0.15) is 0 Å². The molecule has 1 heterocycles. The number of benzene rings is 1. The number of para-hydroxylation sites is 1. The molecule has 0 saturated heterocycles.